The molecule has 0 amide bonds. The zero-order valence-electron chi connectivity index (χ0n) is 9.05. The van der Waals surface area contributed by atoms with Crippen LogP contribution in [0.1, 0.15) is 5.56 Å². The van der Waals surface area contributed by atoms with Gasteiger partial charge in [-0.25, -0.2) is 10.5 Å². The number of hydrogen-bond donors (Lipinski definition) is 2. The summed E-state index contributed by atoms with van der Waals surface area (Å²) in [5.74, 6) is 7.00. The number of nitrogens with two attached hydrogens (primary N) is 1. The van der Waals surface area contributed by atoms with Gasteiger partial charge >= 0.3 is 0 Å². The molecule has 2 aromatic rings. The molecule has 0 unspecified atom stereocenters. The number of aromatic nitrogens is 2. The number of anilines is 1. The van der Waals surface area contributed by atoms with Crippen molar-refractivity contribution in [2.75, 3.05) is 12.5 Å². The number of benzene rings is 1. The number of nitrogens with zero attached hydrogens (tertiary/aromatic N) is 2. The van der Waals surface area contributed by atoms with Crippen LogP contribution in [0.25, 0.3) is 0 Å². The largest absolute Gasteiger partial charge is 0.497 e. The predicted molar refractivity (Wildman–Crippen MR) is 62.1 cm³/mol. The summed E-state index contributed by atoms with van der Waals surface area (Å²) in [7, 11) is 1.65. The fourth-order valence-electron chi connectivity index (χ4n) is 1.49. The summed E-state index contributed by atoms with van der Waals surface area (Å²) in [6.07, 6.45) is 1.71. The van der Waals surface area contributed by atoms with Crippen molar-refractivity contribution in [2.24, 2.45) is 5.84 Å². The van der Waals surface area contributed by atoms with Crippen LogP contribution in [0.3, 0.4) is 0 Å². The van der Waals surface area contributed by atoms with Crippen LogP contribution >= 0.6 is 0 Å². The second-order valence-electron chi connectivity index (χ2n) is 3.37. The summed E-state index contributed by atoms with van der Waals surface area (Å²) in [4.78, 5) is 0. The first-order valence-electron chi connectivity index (χ1n) is 4.95. The van der Waals surface area contributed by atoms with Gasteiger partial charge in [-0.3, -0.25) is 0 Å². The van der Waals surface area contributed by atoms with Crippen molar-refractivity contribution in [3.05, 3.63) is 42.1 Å². The predicted octanol–water partition coefficient (Wildman–Crippen LogP) is 1.23. The molecule has 1 aromatic heterocycles. The summed E-state index contributed by atoms with van der Waals surface area (Å²) >= 11 is 0. The second kappa shape index (κ2) is 4.67. The lowest BCUT2D eigenvalue weighted by atomic mass is 10.2. The smallest absolute Gasteiger partial charge is 0.138 e. The molecule has 1 aromatic carbocycles. The summed E-state index contributed by atoms with van der Waals surface area (Å²) in [5.41, 5.74) is 3.73. The quantitative estimate of drug-likeness (QED) is 0.598. The third-order valence-corrected chi connectivity index (χ3v) is 2.36. The Hall–Kier alpha value is -2.01. The zero-order valence-corrected chi connectivity index (χ0v) is 9.05. The highest BCUT2D eigenvalue weighted by atomic mass is 16.5. The molecule has 5 heteroatoms. The Morgan fingerprint density at radius 2 is 2.06 bits per heavy atom. The molecular weight excluding hydrogens is 204 g/mol. The van der Waals surface area contributed by atoms with E-state index in [1.54, 1.807) is 18.0 Å². The number of methoxy groups -OCH3 is 1. The van der Waals surface area contributed by atoms with Gasteiger partial charge in [-0.2, -0.15) is 5.10 Å². The van der Waals surface area contributed by atoms with Crippen LogP contribution in [0.15, 0.2) is 36.5 Å². The van der Waals surface area contributed by atoms with Gasteiger partial charge in [0, 0.05) is 6.07 Å². The van der Waals surface area contributed by atoms with Crippen LogP contribution in [-0.4, -0.2) is 16.9 Å². The van der Waals surface area contributed by atoms with E-state index in [0.717, 1.165) is 17.1 Å². The topological polar surface area (TPSA) is 65.1 Å². The Morgan fingerprint density at radius 3 is 2.69 bits per heavy atom. The van der Waals surface area contributed by atoms with Crippen LogP contribution in [0.4, 0.5) is 5.82 Å². The number of ether oxygens (including phenoxy) is 1. The molecule has 0 aliphatic rings. The van der Waals surface area contributed by atoms with Gasteiger partial charge in [0.05, 0.1) is 19.9 Å². The third-order valence-electron chi connectivity index (χ3n) is 2.36. The molecule has 0 saturated carbocycles. The number of nitrogen functional groups attached to an aromatic ring is 1. The first-order chi connectivity index (χ1) is 7.83. The number of hydrogen-bond acceptors (Lipinski definition) is 4. The molecule has 2 rings (SSSR count). The number of rotatable bonds is 4. The fraction of sp³-hybridized carbons (Fsp3) is 0.182. The summed E-state index contributed by atoms with van der Waals surface area (Å²) in [5, 5.41) is 4.17. The monoisotopic (exact) mass is 218 g/mol. The Morgan fingerprint density at radius 1 is 1.31 bits per heavy atom. The normalized spacial score (nSPS) is 10.1. The first-order valence-corrected chi connectivity index (χ1v) is 4.95. The minimum absolute atomic E-state index is 0.677. The van der Waals surface area contributed by atoms with Crippen molar-refractivity contribution in [2.45, 2.75) is 6.54 Å². The molecule has 0 aliphatic heterocycles. The summed E-state index contributed by atoms with van der Waals surface area (Å²) in [6.45, 7) is 0.677. The average molecular weight is 218 g/mol. The molecule has 16 heavy (non-hydrogen) atoms. The zero-order chi connectivity index (χ0) is 11.4. The van der Waals surface area contributed by atoms with Gasteiger partial charge in [0.15, 0.2) is 0 Å². The van der Waals surface area contributed by atoms with Crippen molar-refractivity contribution >= 4 is 5.82 Å². The Balaban J connectivity index is 2.14. The lowest BCUT2D eigenvalue weighted by Gasteiger charge is -2.07. The van der Waals surface area contributed by atoms with Gasteiger partial charge < -0.3 is 10.2 Å². The Labute approximate surface area is 93.8 Å². The van der Waals surface area contributed by atoms with Crippen LogP contribution in [-0.2, 0) is 6.54 Å². The molecule has 1 heterocycles. The van der Waals surface area contributed by atoms with E-state index < -0.39 is 0 Å². The molecule has 0 fully saturated rings. The number of nitrogens with one attached hydrogen (secondary N) is 1. The Bertz CT molecular complexity index is 449. The molecule has 0 radical (unpaired) electrons. The fourth-order valence-corrected chi connectivity index (χ4v) is 1.49. The van der Waals surface area contributed by atoms with Crippen LogP contribution in [0, 0.1) is 0 Å². The minimum atomic E-state index is 0.677. The molecule has 84 valence electrons. The SMILES string of the molecule is COc1ccc(Cn2nccc2NN)cc1. The molecule has 3 N–H and O–H groups in total. The standard InChI is InChI=1S/C11H14N4O/c1-16-10-4-2-9(3-5-10)8-15-11(14-12)6-7-13-15/h2-7,14H,8,12H2,1H3. The van der Waals surface area contributed by atoms with Gasteiger partial charge in [0.2, 0.25) is 0 Å². The van der Waals surface area contributed by atoms with Gasteiger partial charge in [0.1, 0.15) is 11.6 Å². The minimum Gasteiger partial charge on any atom is -0.497 e. The van der Waals surface area contributed by atoms with Crippen molar-refractivity contribution in [1.82, 2.24) is 9.78 Å². The Kier molecular flexibility index (Phi) is 3.07. The van der Waals surface area contributed by atoms with E-state index in [1.165, 1.54) is 0 Å². The van der Waals surface area contributed by atoms with E-state index in [1.807, 2.05) is 30.3 Å². The molecule has 5 nitrogen and oxygen atoms in total. The lowest BCUT2D eigenvalue weighted by molar-refractivity contribution is 0.414. The van der Waals surface area contributed by atoms with E-state index >= 15 is 0 Å². The van der Waals surface area contributed by atoms with Gasteiger partial charge in [-0.15, -0.1) is 0 Å². The van der Waals surface area contributed by atoms with E-state index in [4.69, 9.17) is 10.6 Å². The van der Waals surface area contributed by atoms with Crippen LogP contribution < -0.4 is 16.0 Å². The van der Waals surface area contributed by atoms with Crippen molar-refractivity contribution in [1.29, 1.82) is 0 Å². The van der Waals surface area contributed by atoms with E-state index in [9.17, 15) is 0 Å². The maximum absolute atomic E-state index is 5.36. The van der Waals surface area contributed by atoms with Gasteiger partial charge in [0.25, 0.3) is 0 Å². The van der Waals surface area contributed by atoms with E-state index in [-0.39, 0.29) is 0 Å². The van der Waals surface area contributed by atoms with E-state index in [0.29, 0.717) is 6.54 Å². The molecule has 0 saturated heterocycles. The van der Waals surface area contributed by atoms with Crippen LogP contribution in [0.5, 0.6) is 5.75 Å². The van der Waals surface area contributed by atoms with Crippen molar-refractivity contribution in [3.63, 3.8) is 0 Å². The highest BCUT2D eigenvalue weighted by Crippen LogP contribution is 2.13. The number of hydrazine groups is 1. The summed E-state index contributed by atoms with van der Waals surface area (Å²) in [6, 6.07) is 9.67. The van der Waals surface area contributed by atoms with Gasteiger partial charge in [-0.05, 0) is 17.7 Å². The summed E-state index contributed by atoms with van der Waals surface area (Å²) < 4.78 is 6.89. The first kappa shape index (κ1) is 10.5. The molecule has 0 atom stereocenters. The van der Waals surface area contributed by atoms with E-state index in [2.05, 4.69) is 10.5 Å². The van der Waals surface area contributed by atoms with Crippen molar-refractivity contribution < 1.29 is 4.74 Å². The van der Waals surface area contributed by atoms with Crippen LogP contribution in [0.2, 0.25) is 0 Å². The molecule has 0 bridgehead atoms. The second-order valence-corrected chi connectivity index (χ2v) is 3.37. The van der Waals surface area contributed by atoms with Crippen molar-refractivity contribution in [3.8, 4) is 5.75 Å². The maximum atomic E-state index is 5.36. The highest BCUT2D eigenvalue weighted by molar-refractivity contribution is 5.34. The average Bonchev–Trinajstić information content (AvgIpc) is 2.77. The highest BCUT2D eigenvalue weighted by Gasteiger charge is 2.01. The molecule has 0 aliphatic carbocycles. The lowest BCUT2D eigenvalue weighted by Crippen LogP contribution is -2.13. The molecular formula is C11H14N4O. The third kappa shape index (κ3) is 2.14. The van der Waals surface area contributed by atoms with Gasteiger partial charge in [-0.1, -0.05) is 12.1 Å². The maximum Gasteiger partial charge on any atom is 0.138 e. The molecule has 0 spiro atoms.